The number of alkyl halides is 3. The molecule has 3 rings (SSSR count). The molecule has 134 valence electrons. The van der Waals surface area contributed by atoms with Crippen LogP contribution >= 0.6 is 0 Å². The van der Waals surface area contributed by atoms with E-state index in [1.54, 1.807) is 0 Å². The Hall–Kier alpha value is -2.68. The van der Waals surface area contributed by atoms with E-state index in [-0.39, 0.29) is 24.7 Å². The van der Waals surface area contributed by atoms with E-state index in [2.05, 4.69) is 20.6 Å². The maximum Gasteiger partial charge on any atom is 0.418 e. The van der Waals surface area contributed by atoms with E-state index >= 15 is 0 Å². The Morgan fingerprint density at radius 3 is 2.80 bits per heavy atom. The Balaban J connectivity index is 0.00000243. The van der Waals surface area contributed by atoms with Crippen molar-refractivity contribution in [2.24, 2.45) is 0 Å². The number of carbonyl (C=O) groups is 1. The van der Waals surface area contributed by atoms with Crippen LogP contribution in [0.15, 0.2) is 30.5 Å². The maximum absolute atomic E-state index is 13.3. The number of pyridine rings is 2. The Morgan fingerprint density at radius 1 is 1.36 bits per heavy atom. The predicted octanol–water partition coefficient (Wildman–Crippen LogP) is 2.33. The second-order valence-corrected chi connectivity index (χ2v) is 5.69. The Kier molecular flexibility index (Phi) is 4.58. The van der Waals surface area contributed by atoms with Gasteiger partial charge in [-0.25, -0.2) is 9.97 Å². The monoisotopic (exact) mass is 353 g/mol. The molecule has 1 fully saturated rings. The number of nitrogens with two attached hydrogens (primary N) is 1. The van der Waals surface area contributed by atoms with Gasteiger partial charge in [0.2, 0.25) is 5.78 Å². The van der Waals surface area contributed by atoms with Crippen molar-refractivity contribution < 1.29 is 19.4 Å². The first kappa shape index (κ1) is 17.2. The van der Waals surface area contributed by atoms with Crippen molar-refractivity contribution in [1.29, 1.82) is 0 Å². The Morgan fingerprint density at radius 2 is 2.16 bits per heavy atom. The molecule has 9 heteroatoms. The number of nitrogens with zero attached hydrogens (tertiary/aromatic N) is 2. The van der Waals surface area contributed by atoms with Gasteiger partial charge >= 0.3 is 6.18 Å². The first-order chi connectivity index (χ1) is 11.9. The summed E-state index contributed by atoms with van der Waals surface area (Å²) in [6, 6.07) is 4.90. The van der Waals surface area contributed by atoms with Crippen LogP contribution in [-0.2, 0) is 6.18 Å². The highest BCUT2D eigenvalue weighted by atomic mass is 19.4. The van der Waals surface area contributed by atoms with Crippen molar-refractivity contribution in [3.8, 4) is 0 Å². The number of halogens is 3. The molecule has 2 aromatic heterocycles. The van der Waals surface area contributed by atoms with E-state index in [1.807, 2.05) is 0 Å². The smallest absolute Gasteiger partial charge is 0.383 e. The number of rotatable bonds is 4. The topological polar surface area (TPSA) is 92.9 Å². The molecule has 4 N–H and O–H groups in total. The molecule has 1 unspecified atom stereocenters. The molecule has 25 heavy (non-hydrogen) atoms. The van der Waals surface area contributed by atoms with Gasteiger partial charge in [-0.1, -0.05) is 0 Å². The third-order valence-electron chi connectivity index (χ3n) is 3.91. The van der Waals surface area contributed by atoms with Gasteiger partial charge in [0.25, 0.3) is 0 Å². The minimum Gasteiger partial charge on any atom is -0.383 e. The number of hydrogen-bond acceptors (Lipinski definition) is 6. The first-order valence-electron chi connectivity index (χ1n) is 7.67. The summed E-state index contributed by atoms with van der Waals surface area (Å²) in [6.45, 7) is 1.50. The molecule has 1 aliphatic heterocycles. The highest BCUT2D eigenvalue weighted by Crippen LogP contribution is 2.33. The van der Waals surface area contributed by atoms with Gasteiger partial charge in [0, 0.05) is 20.2 Å². The summed E-state index contributed by atoms with van der Waals surface area (Å²) >= 11 is 0. The van der Waals surface area contributed by atoms with Crippen molar-refractivity contribution in [1.82, 2.24) is 15.3 Å². The molecule has 0 radical (unpaired) electrons. The van der Waals surface area contributed by atoms with Gasteiger partial charge in [0.15, 0.2) is 0 Å². The summed E-state index contributed by atoms with van der Waals surface area (Å²) in [7, 11) is 0. The molecule has 2 aromatic rings. The second-order valence-electron chi connectivity index (χ2n) is 5.69. The molecular weight excluding hydrogens is 335 g/mol. The van der Waals surface area contributed by atoms with Crippen LogP contribution in [0.5, 0.6) is 0 Å². The summed E-state index contributed by atoms with van der Waals surface area (Å²) in [5.74, 6) is -0.834. The molecule has 0 aliphatic carbocycles. The zero-order valence-electron chi connectivity index (χ0n) is 13.1. The van der Waals surface area contributed by atoms with E-state index in [4.69, 9.17) is 5.73 Å². The van der Waals surface area contributed by atoms with Crippen LogP contribution < -0.4 is 16.4 Å². The van der Waals surface area contributed by atoms with Crippen molar-refractivity contribution in [2.75, 3.05) is 24.1 Å². The summed E-state index contributed by atoms with van der Waals surface area (Å²) in [5.41, 5.74) is 3.72. The van der Waals surface area contributed by atoms with Crippen molar-refractivity contribution >= 4 is 17.4 Å². The molecule has 1 saturated heterocycles. The number of carbonyl (C=O) groups excluding carboxylic acids is 1. The number of hydrogen-bond donors (Lipinski definition) is 3. The molecule has 1 aliphatic rings. The largest absolute Gasteiger partial charge is 0.418 e. The van der Waals surface area contributed by atoms with Gasteiger partial charge in [-0.15, -0.1) is 0 Å². The average molecular weight is 353 g/mol. The summed E-state index contributed by atoms with van der Waals surface area (Å²) in [4.78, 5) is 20.3. The number of nitrogens with one attached hydrogen (secondary N) is 2. The van der Waals surface area contributed by atoms with Crippen LogP contribution in [0.2, 0.25) is 0 Å². The average Bonchev–Trinajstić information content (AvgIpc) is 3.06. The predicted molar refractivity (Wildman–Crippen MR) is 88.3 cm³/mol. The lowest BCUT2D eigenvalue weighted by Crippen LogP contribution is -2.24. The minimum absolute atomic E-state index is 0. The van der Waals surface area contributed by atoms with E-state index in [1.165, 1.54) is 24.4 Å². The number of anilines is 2. The molecule has 0 amide bonds. The van der Waals surface area contributed by atoms with Crippen LogP contribution in [0.25, 0.3) is 0 Å². The summed E-state index contributed by atoms with van der Waals surface area (Å²) in [6.07, 6.45) is -2.53. The second kappa shape index (κ2) is 6.67. The van der Waals surface area contributed by atoms with Gasteiger partial charge < -0.3 is 16.4 Å². The van der Waals surface area contributed by atoms with E-state index in [0.717, 1.165) is 19.0 Å². The van der Waals surface area contributed by atoms with Crippen LogP contribution in [0, 0.1) is 0 Å². The lowest BCUT2D eigenvalue weighted by atomic mass is 10.0. The molecule has 1 atom stereocenters. The third-order valence-corrected chi connectivity index (χ3v) is 3.91. The SMILES string of the molecule is Nc1ncccc1C(=O)c1nc(NC2CCNC2)ccc1C(F)(F)F.[HH]. The van der Waals surface area contributed by atoms with Crippen LogP contribution in [0.4, 0.5) is 24.8 Å². The Labute approximate surface area is 143 Å². The third kappa shape index (κ3) is 3.71. The maximum atomic E-state index is 13.3. The van der Waals surface area contributed by atoms with Crippen LogP contribution in [-0.4, -0.2) is 34.9 Å². The van der Waals surface area contributed by atoms with Crippen LogP contribution in [0.3, 0.4) is 0 Å². The van der Waals surface area contributed by atoms with Gasteiger partial charge in [-0.3, -0.25) is 4.79 Å². The molecule has 6 nitrogen and oxygen atoms in total. The lowest BCUT2D eigenvalue weighted by Gasteiger charge is -2.16. The highest BCUT2D eigenvalue weighted by molar-refractivity contribution is 6.11. The molecule has 0 saturated carbocycles. The van der Waals surface area contributed by atoms with Crippen molar-refractivity contribution in [3.63, 3.8) is 0 Å². The number of aromatic nitrogens is 2. The fourth-order valence-corrected chi connectivity index (χ4v) is 2.67. The quantitative estimate of drug-likeness (QED) is 0.731. The van der Waals surface area contributed by atoms with Gasteiger partial charge in [-0.2, -0.15) is 13.2 Å². The van der Waals surface area contributed by atoms with Crippen LogP contribution in [0.1, 0.15) is 29.5 Å². The van der Waals surface area contributed by atoms with E-state index < -0.39 is 23.2 Å². The fourth-order valence-electron chi connectivity index (χ4n) is 2.67. The first-order valence-corrected chi connectivity index (χ1v) is 7.67. The van der Waals surface area contributed by atoms with Gasteiger partial charge in [-0.05, 0) is 37.2 Å². The van der Waals surface area contributed by atoms with Crippen molar-refractivity contribution in [3.05, 3.63) is 47.3 Å². The molecule has 3 heterocycles. The van der Waals surface area contributed by atoms with E-state index in [0.29, 0.717) is 6.54 Å². The van der Waals surface area contributed by atoms with Crippen molar-refractivity contribution in [2.45, 2.75) is 18.6 Å². The molecular formula is C16H18F3N5O. The highest BCUT2D eigenvalue weighted by Gasteiger charge is 2.37. The van der Waals surface area contributed by atoms with Gasteiger partial charge in [0.05, 0.1) is 11.1 Å². The standard InChI is InChI=1S/C16H16F3N5O.H2/c17-16(18,19)11-3-4-12(23-9-5-7-21-8-9)24-13(11)14(25)10-2-1-6-22-15(10)20;/h1-4,6,9,21H,5,7-8H2,(H2,20,22)(H,23,24);1H. The Bertz CT molecular complexity index is 794. The zero-order chi connectivity index (χ0) is 18.0. The number of ketones is 1. The van der Waals surface area contributed by atoms with Gasteiger partial charge in [0.1, 0.15) is 17.3 Å². The zero-order valence-corrected chi connectivity index (χ0v) is 13.1. The number of nitrogen functional groups attached to an aromatic ring is 1. The normalized spacial score (nSPS) is 17.5. The lowest BCUT2D eigenvalue weighted by molar-refractivity contribution is -0.138. The fraction of sp³-hybridized carbons (Fsp3) is 0.312. The minimum atomic E-state index is -4.71. The molecule has 0 aromatic carbocycles. The van der Waals surface area contributed by atoms with E-state index in [9.17, 15) is 18.0 Å². The molecule has 0 bridgehead atoms. The molecule has 0 spiro atoms. The summed E-state index contributed by atoms with van der Waals surface area (Å²) < 4.78 is 39.9. The summed E-state index contributed by atoms with van der Waals surface area (Å²) in [5, 5.41) is 6.18.